The van der Waals surface area contributed by atoms with Gasteiger partial charge in [0.15, 0.2) is 6.11 Å². The van der Waals surface area contributed by atoms with Gasteiger partial charge in [0.25, 0.3) is 0 Å². The van der Waals surface area contributed by atoms with Crippen LogP contribution in [0.4, 0.5) is 0 Å². The Morgan fingerprint density at radius 2 is 2.50 bits per heavy atom. The molecule has 0 radical (unpaired) electrons. The van der Waals surface area contributed by atoms with Crippen molar-refractivity contribution in [3.63, 3.8) is 0 Å². The number of terminal acetylenes is 1. The van der Waals surface area contributed by atoms with E-state index in [1.165, 1.54) is 0 Å². The predicted molar refractivity (Wildman–Crippen MR) is 21.7 cm³/mol. The van der Waals surface area contributed by atoms with E-state index in [-0.39, 0.29) is 0 Å². The van der Waals surface area contributed by atoms with Gasteiger partial charge in [-0.2, -0.15) is 4.52 Å². The highest BCUT2D eigenvalue weighted by atomic mass is 31.1. The highest BCUT2D eigenvalue weighted by Crippen LogP contribution is 2.05. The Bertz CT molecular complexity index is 94.2. The lowest BCUT2D eigenvalue weighted by molar-refractivity contribution is 0.487. The summed E-state index contributed by atoms with van der Waals surface area (Å²) >= 11 is 0. The van der Waals surface area contributed by atoms with Crippen LogP contribution in [0, 0.1) is 12.5 Å². The van der Waals surface area contributed by atoms with Crippen molar-refractivity contribution in [1.29, 1.82) is 0 Å². The normalized spacial score (nSPS) is 9.00. The average molecular weight is 104 g/mol. The predicted octanol–water partition coefficient (Wildman–Crippen LogP) is 0.210. The summed E-state index contributed by atoms with van der Waals surface area (Å²) in [5.74, 6) is 0. The highest BCUT2D eigenvalue weighted by Gasteiger charge is 2.02. The van der Waals surface area contributed by atoms with Crippen molar-refractivity contribution >= 4 is 8.18 Å². The molecule has 32 valence electrons. The van der Waals surface area contributed by atoms with Gasteiger partial charge >= 0.3 is 8.18 Å². The zero-order valence-corrected chi connectivity index (χ0v) is 3.81. The second-order valence-electron chi connectivity index (χ2n) is 0.494. The van der Waals surface area contributed by atoms with E-state index in [0.717, 1.165) is 0 Å². The van der Waals surface area contributed by atoms with Crippen LogP contribution < -0.4 is 5.50 Å². The van der Waals surface area contributed by atoms with Gasteiger partial charge in [0.2, 0.25) is 0 Å². The fourth-order valence-corrected chi connectivity index (χ4v) is 0.156. The molecule has 0 saturated heterocycles. The Labute approximate surface area is 36.4 Å². The number of hydrogen-bond donors (Lipinski definition) is 1. The van der Waals surface area contributed by atoms with Crippen molar-refractivity contribution in [2.45, 2.75) is 0 Å². The molecule has 0 saturated carbocycles. The molecule has 0 aliphatic carbocycles. The zero-order chi connectivity index (χ0) is 4.99. The quantitative estimate of drug-likeness (QED) is 0.382. The average Bonchev–Trinajstić information content (AvgIpc) is 1.35. The van der Waals surface area contributed by atoms with Crippen molar-refractivity contribution in [3.8, 4) is 12.5 Å². The smallest absolute Gasteiger partial charge is 0.183 e. The highest BCUT2D eigenvalue weighted by molar-refractivity contribution is 7.36. The first kappa shape index (κ1) is 5.42. The molecule has 0 aromatic heterocycles. The first-order valence-corrected chi connectivity index (χ1v) is 2.36. The molecule has 0 rings (SSSR count). The summed E-state index contributed by atoms with van der Waals surface area (Å²) in [6.45, 7) is 0. The second kappa shape index (κ2) is 2.65. The summed E-state index contributed by atoms with van der Waals surface area (Å²) in [5, 5.41) is 0. The Kier molecular flexibility index (Phi) is 2.39. The molecule has 0 spiro atoms. The summed E-state index contributed by atoms with van der Waals surface area (Å²) < 4.78 is 13.5. The lowest BCUT2D eigenvalue weighted by Crippen LogP contribution is -1.75. The summed E-state index contributed by atoms with van der Waals surface area (Å²) in [6, 6.07) is 0. The van der Waals surface area contributed by atoms with E-state index < -0.39 is 8.18 Å². The van der Waals surface area contributed by atoms with Crippen LogP contribution >= 0.6 is 8.18 Å². The van der Waals surface area contributed by atoms with Gasteiger partial charge in [-0.05, 0) is 0 Å². The summed E-state index contributed by atoms with van der Waals surface area (Å²) in [4.78, 5) is 0. The monoisotopic (exact) mass is 104 g/mol. The van der Waals surface area contributed by atoms with E-state index in [1.54, 1.807) is 6.11 Å². The first-order valence-electron chi connectivity index (χ1n) is 1.12. The van der Waals surface area contributed by atoms with E-state index in [1.807, 2.05) is 0 Å². The molecule has 1 atom stereocenters. The van der Waals surface area contributed by atoms with Crippen LogP contribution in [0.1, 0.15) is 0 Å². The maximum Gasteiger partial charge on any atom is 0.669 e. The van der Waals surface area contributed by atoms with Crippen molar-refractivity contribution in [2.24, 2.45) is 5.50 Å². The molecule has 4 heteroatoms. The van der Waals surface area contributed by atoms with Gasteiger partial charge in [-0.15, -0.1) is 0 Å². The van der Waals surface area contributed by atoms with Gasteiger partial charge in [0.05, 0.1) is 0 Å². The van der Waals surface area contributed by atoms with E-state index >= 15 is 0 Å². The summed E-state index contributed by atoms with van der Waals surface area (Å²) in [7, 11) is -2.09. The number of hydrogen-bond acceptors (Lipinski definition) is 2. The molecule has 0 aliphatic rings. The third-order valence-electron chi connectivity index (χ3n) is 0.143. The largest absolute Gasteiger partial charge is 0.669 e. The fraction of sp³-hybridized carbons (Fsp3) is 0. The van der Waals surface area contributed by atoms with Crippen LogP contribution in [0.3, 0.4) is 0 Å². The van der Waals surface area contributed by atoms with Gasteiger partial charge in [-0.1, -0.05) is 11.9 Å². The molecule has 0 aromatic carbocycles. The van der Waals surface area contributed by atoms with Gasteiger partial charge in [0.1, 0.15) is 0 Å². The molecule has 0 heterocycles. The van der Waals surface area contributed by atoms with Gasteiger partial charge in [-0.3, -0.25) is 0 Å². The SMILES string of the molecule is C#CO[P+](N)=O. The van der Waals surface area contributed by atoms with Crippen LogP contribution in [0.5, 0.6) is 0 Å². The molecule has 0 aromatic rings. The summed E-state index contributed by atoms with van der Waals surface area (Å²) in [5.41, 5.74) is 4.55. The van der Waals surface area contributed by atoms with Crippen LogP contribution in [0.2, 0.25) is 0 Å². The molecule has 6 heavy (non-hydrogen) atoms. The minimum absolute atomic E-state index is 1.66. The standard InChI is InChI=1S/C2H3NO2P/c1-2-5-6(3)4/h1H,(H2,3,4)/q+1. The topological polar surface area (TPSA) is 52.3 Å². The van der Waals surface area contributed by atoms with E-state index in [4.69, 9.17) is 0 Å². The van der Waals surface area contributed by atoms with Crippen LogP contribution in [0.25, 0.3) is 0 Å². The number of nitrogens with two attached hydrogens (primary N) is 1. The first-order chi connectivity index (χ1) is 2.77. The molecular weight excluding hydrogens is 101 g/mol. The third-order valence-corrected chi connectivity index (χ3v) is 0.428. The minimum Gasteiger partial charge on any atom is -0.183 e. The molecule has 0 fully saturated rings. The number of rotatable bonds is 1. The lowest BCUT2D eigenvalue weighted by Gasteiger charge is -1.60. The van der Waals surface area contributed by atoms with Crippen molar-refractivity contribution in [1.82, 2.24) is 0 Å². The maximum absolute atomic E-state index is 9.60. The van der Waals surface area contributed by atoms with E-state index in [2.05, 4.69) is 16.5 Å². The molecule has 1 unspecified atom stereocenters. The Hall–Kier alpha value is -0.580. The van der Waals surface area contributed by atoms with Crippen molar-refractivity contribution in [3.05, 3.63) is 0 Å². The van der Waals surface area contributed by atoms with Crippen molar-refractivity contribution < 1.29 is 9.09 Å². The van der Waals surface area contributed by atoms with Crippen LogP contribution in [-0.4, -0.2) is 0 Å². The van der Waals surface area contributed by atoms with Crippen LogP contribution in [0.15, 0.2) is 0 Å². The second-order valence-corrected chi connectivity index (χ2v) is 1.25. The Morgan fingerprint density at radius 1 is 2.00 bits per heavy atom. The molecule has 3 nitrogen and oxygen atoms in total. The van der Waals surface area contributed by atoms with Gasteiger partial charge < -0.3 is 0 Å². The summed E-state index contributed by atoms with van der Waals surface area (Å²) in [6.07, 6.45) is 6.15. The minimum atomic E-state index is -2.09. The van der Waals surface area contributed by atoms with Gasteiger partial charge in [0, 0.05) is 4.57 Å². The maximum atomic E-state index is 9.60. The zero-order valence-electron chi connectivity index (χ0n) is 2.92. The molecule has 0 bridgehead atoms. The van der Waals surface area contributed by atoms with E-state index in [9.17, 15) is 4.57 Å². The lowest BCUT2D eigenvalue weighted by atomic mass is 11.3. The van der Waals surface area contributed by atoms with E-state index in [0.29, 0.717) is 0 Å². The Morgan fingerprint density at radius 3 is 2.50 bits per heavy atom. The van der Waals surface area contributed by atoms with Crippen molar-refractivity contribution in [2.75, 3.05) is 0 Å². The fourth-order valence-electron chi connectivity index (χ4n) is 0.0519. The third kappa shape index (κ3) is 3.42. The molecular formula is C2H3NO2P+. The molecule has 0 aliphatic heterocycles. The molecule has 0 amide bonds. The van der Waals surface area contributed by atoms with Gasteiger partial charge in [-0.25, -0.2) is 0 Å². The molecule has 2 N–H and O–H groups in total. The Balaban J connectivity index is 3.13. The van der Waals surface area contributed by atoms with Crippen LogP contribution in [-0.2, 0) is 9.09 Å².